The maximum absolute atomic E-state index is 15.1. The Labute approximate surface area is 193 Å². The van der Waals surface area contributed by atoms with Crippen molar-refractivity contribution >= 4 is 17.9 Å². The molecule has 2 aliphatic carbocycles. The van der Waals surface area contributed by atoms with Crippen molar-refractivity contribution in [2.45, 2.75) is 43.6 Å². The molecule has 3 N–H and O–H groups in total. The minimum atomic E-state index is -2.69. The molecule has 0 aliphatic heterocycles. The molecule has 2 fully saturated rings. The van der Waals surface area contributed by atoms with Crippen molar-refractivity contribution in [3.8, 4) is 0 Å². The van der Waals surface area contributed by atoms with Crippen molar-refractivity contribution in [1.29, 1.82) is 0 Å². The molecule has 2 aliphatic rings. The fourth-order valence-corrected chi connectivity index (χ4v) is 4.64. The SMILES string of the molecule is C[C@@H](OC(=O)c1ccccc1)OC(=O)[C@@]1(N)[C@H]2[C@@H](C[C@H]1OCc1ccc(F)cc1)[C@]2(F)C(=O)O. The summed E-state index contributed by atoms with van der Waals surface area (Å²) in [7, 11) is 0. The van der Waals surface area contributed by atoms with Gasteiger partial charge < -0.3 is 25.1 Å². The van der Waals surface area contributed by atoms with Crippen molar-refractivity contribution < 1.29 is 42.5 Å². The summed E-state index contributed by atoms with van der Waals surface area (Å²) in [5.74, 6) is -6.46. The van der Waals surface area contributed by atoms with Crippen LogP contribution in [0.25, 0.3) is 0 Å². The molecular formula is C24H23F2NO7. The van der Waals surface area contributed by atoms with Crippen molar-refractivity contribution in [1.82, 2.24) is 0 Å². The lowest BCUT2D eigenvalue weighted by Gasteiger charge is -2.34. The number of nitrogens with two attached hydrogens (primary N) is 1. The molecule has 2 aromatic carbocycles. The number of carboxylic acid groups (broad SMARTS) is 1. The Morgan fingerprint density at radius 3 is 2.38 bits per heavy atom. The van der Waals surface area contributed by atoms with Gasteiger partial charge in [0.1, 0.15) is 11.4 Å². The van der Waals surface area contributed by atoms with Gasteiger partial charge in [0.15, 0.2) is 0 Å². The number of alkyl halides is 1. The Morgan fingerprint density at radius 2 is 1.76 bits per heavy atom. The molecule has 0 radical (unpaired) electrons. The van der Waals surface area contributed by atoms with E-state index in [0.29, 0.717) is 5.56 Å². The number of fused-ring (bicyclic) bond motifs is 1. The zero-order valence-electron chi connectivity index (χ0n) is 18.1. The topological polar surface area (TPSA) is 125 Å². The normalized spacial score (nSPS) is 30.2. The van der Waals surface area contributed by atoms with Gasteiger partial charge in [-0.2, -0.15) is 0 Å². The van der Waals surface area contributed by atoms with E-state index < -0.39 is 59.2 Å². The molecule has 0 bridgehead atoms. The number of hydrogen-bond donors (Lipinski definition) is 2. The van der Waals surface area contributed by atoms with Gasteiger partial charge in [0.05, 0.1) is 18.3 Å². The van der Waals surface area contributed by atoms with Crippen LogP contribution in [-0.4, -0.2) is 46.6 Å². The molecule has 0 heterocycles. The predicted octanol–water partition coefficient (Wildman–Crippen LogP) is 2.60. The van der Waals surface area contributed by atoms with Gasteiger partial charge in [-0.15, -0.1) is 0 Å². The summed E-state index contributed by atoms with van der Waals surface area (Å²) in [4.78, 5) is 36.8. The summed E-state index contributed by atoms with van der Waals surface area (Å²) in [6, 6.07) is 13.4. The first kappa shape index (κ1) is 23.8. The second-order valence-electron chi connectivity index (χ2n) is 8.50. The van der Waals surface area contributed by atoms with Crippen LogP contribution >= 0.6 is 0 Å². The maximum Gasteiger partial charge on any atom is 0.342 e. The second kappa shape index (κ2) is 8.77. The van der Waals surface area contributed by atoms with Gasteiger partial charge in [-0.3, -0.25) is 0 Å². The van der Waals surface area contributed by atoms with E-state index in [9.17, 15) is 23.9 Å². The maximum atomic E-state index is 15.1. The highest BCUT2D eigenvalue weighted by molar-refractivity contribution is 5.92. The van der Waals surface area contributed by atoms with Crippen molar-refractivity contribution in [2.75, 3.05) is 0 Å². The molecule has 10 heteroatoms. The number of carboxylic acids is 1. The molecule has 6 atom stereocenters. The van der Waals surface area contributed by atoms with E-state index in [-0.39, 0.29) is 18.6 Å². The van der Waals surface area contributed by atoms with E-state index in [1.807, 2.05) is 0 Å². The van der Waals surface area contributed by atoms with Crippen LogP contribution < -0.4 is 5.73 Å². The molecule has 8 nitrogen and oxygen atoms in total. The molecule has 0 amide bonds. The van der Waals surface area contributed by atoms with Crippen LogP contribution in [0.2, 0.25) is 0 Å². The Bertz CT molecular complexity index is 1100. The summed E-state index contributed by atoms with van der Waals surface area (Å²) < 4.78 is 44.3. The largest absolute Gasteiger partial charge is 0.479 e. The Kier molecular flexibility index (Phi) is 6.13. The van der Waals surface area contributed by atoms with Crippen LogP contribution in [0.4, 0.5) is 8.78 Å². The fourth-order valence-electron chi connectivity index (χ4n) is 4.64. The minimum absolute atomic E-state index is 0.0679. The van der Waals surface area contributed by atoms with E-state index in [1.165, 1.54) is 43.3 Å². The van der Waals surface area contributed by atoms with Gasteiger partial charge in [-0.1, -0.05) is 30.3 Å². The van der Waals surface area contributed by atoms with E-state index in [1.54, 1.807) is 18.2 Å². The third kappa shape index (κ3) is 4.03. The van der Waals surface area contributed by atoms with E-state index in [2.05, 4.69) is 0 Å². The van der Waals surface area contributed by atoms with E-state index >= 15 is 4.39 Å². The predicted molar refractivity (Wildman–Crippen MR) is 112 cm³/mol. The first-order chi connectivity index (χ1) is 16.1. The first-order valence-corrected chi connectivity index (χ1v) is 10.6. The smallest absolute Gasteiger partial charge is 0.342 e. The lowest BCUT2D eigenvalue weighted by atomic mass is 9.87. The number of halogens is 2. The highest BCUT2D eigenvalue weighted by Gasteiger charge is 2.85. The number of aliphatic carboxylic acids is 1. The van der Waals surface area contributed by atoms with Crippen molar-refractivity contribution in [3.63, 3.8) is 0 Å². The molecule has 2 saturated carbocycles. The average Bonchev–Trinajstić information content (AvgIpc) is 3.29. The molecule has 2 aromatic rings. The number of benzene rings is 2. The Balaban J connectivity index is 1.48. The number of hydrogen-bond acceptors (Lipinski definition) is 7. The number of carbonyl (C=O) groups is 3. The van der Waals surface area contributed by atoms with Crippen LogP contribution in [0.3, 0.4) is 0 Å². The minimum Gasteiger partial charge on any atom is -0.479 e. The van der Waals surface area contributed by atoms with Gasteiger partial charge in [0, 0.05) is 18.8 Å². The van der Waals surface area contributed by atoms with Gasteiger partial charge in [0.25, 0.3) is 0 Å². The lowest BCUT2D eigenvalue weighted by Crippen LogP contribution is -2.61. The highest BCUT2D eigenvalue weighted by atomic mass is 19.1. The molecule has 0 saturated heterocycles. The molecular weight excluding hydrogens is 452 g/mol. The van der Waals surface area contributed by atoms with Crippen molar-refractivity contribution in [3.05, 3.63) is 71.5 Å². The summed E-state index contributed by atoms with van der Waals surface area (Å²) >= 11 is 0. The molecule has 0 aromatic heterocycles. The summed E-state index contributed by atoms with van der Waals surface area (Å²) in [5.41, 5.74) is 2.30. The molecule has 0 spiro atoms. The zero-order chi connectivity index (χ0) is 24.7. The Hall–Kier alpha value is -3.37. The van der Waals surface area contributed by atoms with Gasteiger partial charge in [0.2, 0.25) is 12.0 Å². The van der Waals surface area contributed by atoms with Crippen molar-refractivity contribution in [2.24, 2.45) is 17.6 Å². The van der Waals surface area contributed by atoms with Crippen LogP contribution in [0.5, 0.6) is 0 Å². The first-order valence-electron chi connectivity index (χ1n) is 10.6. The van der Waals surface area contributed by atoms with Crippen LogP contribution in [0.1, 0.15) is 29.3 Å². The third-order valence-electron chi connectivity index (χ3n) is 6.40. The van der Waals surface area contributed by atoms with Crippen LogP contribution in [0, 0.1) is 17.7 Å². The van der Waals surface area contributed by atoms with E-state index in [4.69, 9.17) is 19.9 Å². The van der Waals surface area contributed by atoms with Gasteiger partial charge >= 0.3 is 17.9 Å². The summed E-state index contributed by atoms with van der Waals surface area (Å²) in [5, 5.41) is 9.35. The fraction of sp³-hybridized carbons (Fsp3) is 0.375. The number of ether oxygens (including phenoxy) is 3. The molecule has 4 rings (SSSR count). The number of esters is 2. The monoisotopic (exact) mass is 475 g/mol. The second-order valence-corrected chi connectivity index (χ2v) is 8.50. The standard InChI is InChI=1S/C24H23F2NO7/c1-13(33-20(28)15-5-3-2-4-6-15)34-22(31)24(27)18(11-17-19(24)23(17,26)21(29)30)32-12-14-7-9-16(25)10-8-14/h2-10,13,17-19H,11-12,27H2,1H3,(H,29,30)/t13-,17+,18+,19-,23+,24-/m0/s1. The summed E-state index contributed by atoms with van der Waals surface area (Å²) in [6.07, 6.45) is -2.58. The average molecular weight is 475 g/mol. The molecule has 34 heavy (non-hydrogen) atoms. The van der Waals surface area contributed by atoms with Gasteiger partial charge in [-0.05, 0) is 36.2 Å². The third-order valence-corrected chi connectivity index (χ3v) is 6.40. The molecule has 180 valence electrons. The zero-order valence-corrected chi connectivity index (χ0v) is 18.1. The highest BCUT2D eigenvalue weighted by Crippen LogP contribution is 2.67. The number of rotatable bonds is 8. The Morgan fingerprint density at radius 1 is 1.12 bits per heavy atom. The molecule has 0 unspecified atom stereocenters. The van der Waals surface area contributed by atoms with Gasteiger partial charge in [-0.25, -0.2) is 23.2 Å². The van der Waals surface area contributed by atoms with E-state index in [0.717, 1.165) is 0 Å². The summed E-state index contributed by atoms with van der Waals surface area (Å²) in [6.45, 7) is 1.22. The number of carbonyl (C=O) groups excluding carboxylic acids is 2. The van der Waals surface area contributed by atoms with Crippen LogP contribution in [-0.2, 0) is 30.4 Å². The lowest BCUT2D eigenvalue weighted by molar-refractivity contribution is -0.180. The quantitative estimate of drug-likeness (QED) is 0.441. The van der Waals surface area contributed by atoms with Crippen LogP contribution in [0.15, 0.2) is 54.6 Å².